The molecule has 0 aliphatic carbocycles. The van der Waals surface area contributed by atoms with Crippen molar-refractivity contribution in [2.45, 2.75) is 31.6 Å². The number of aromatic nitrogens is 1. The maximum atomic E-state index is 13.5. The fraction of sp³-hybridized carbons (Fsp3) is 0.304. The van der Waals surface area contributed by atoms with E-state index in [4.69, 9.17) is 4.52 Å². The molecule has 0 spiro atoms. The molecule has 3 heterocycles. The van der Waals surface area contributed by atoms with Crippen LogP contribution in [-0.2, 0) is 14.8 Å². The summed E-state index contributed by atoms with van der Waals surface area (Å²) in [5.41, 5.74) is 2.06. The van der Waals surface area contributed by atoms with Gasteiger partial charge in [-0.3, -0.25) is 4.79 Å². The molecule has 0 bridgehead atoms. The Morgan fingerprint density at radius 2 is 2.09 bits per heavy atom. The quantitative estimate of drug-likeness (QED) is 0.569. The van der Waals surface area contributed by atoms with Crippen LogP contribution in [0.15, 0.2) is 51.2 Å². The van der Waals surface area contributed by atoms with E-state index in [2.05, 4.69) is 10.5 Å². The van der Waals surface area contributed by atoms with E-state index in [9.17, 15) is 13.2 Å². The highest BCUT2D eigenvalue weighted by Crippen LogP contribution is 2.30. The molecule has 1 amide bonds. The van der Waals surface area contributed by atoms with Crippen LogP contribution in [0.5, 0.6) is 0 Å². The van der Waals surface area contributed by atoms with Crippen LogP contribution in [0.25, 0.3) is 12.2 Å². The van der Waals surface area contributed by atoms with Crippen molar-refractivity contribution in [2.75, 3.05) is 18.4 Å². The van der Waals surface area contributed by atoms with E-state index in [1.165, 1.54) is 4.31 Å². The van der Waals surface area contributed by atoms with Crippen LogP contribution >= 0.6 is 11.3 Å². The van der Waals surface area contributed by atoms with Crippen LogP contribution in [0, 0.1) is 19.8 Å². The standard InChI is InChI=1S/C23H25N3O4S2/c1-16-6-3-8-19(14-16)24-23(27)18-7-4-12-26(15-18)32(28,29)22-17(2)25-30-21(22)11-10-20-9-5-13-31-20/h3,5-6,8-11,13-14,18H,4,7,12,15H2,1-2H3,(H,24,27)/b11-10+/t18-/m0/s1. The van der Waals surface area contributed by atoms with E-state index in [-0.39, 0.29) is 23.1 Å². The van der Waals surface area contributed by atoms with Gasteiger partial charge < -0.3 is 9.84 Å². The second-order valence-corrected chi connectivity index (χ2v) is 10.7. The summed E-state index contributed by atoms with van der Waals surface area (Å²) in [4.78, 5) is 13.9. The fourth-order valence-corrected chi connectivity index (χ4v) is 6.21. The molecule has 7 nitrogen and oxygen atoms in total. The molecule has 4 rings (SSSR count). The number of amides is 1. The molecule has 0 saturated carbocycles. The fourth-order valence-electron chi connectivity index (χ4n) is 3.81. The van der Waals surface area contributed by atoms with Gasteiger partial charge in [0.25, 0.3) is 0 Å². The Labute approximate surface area is 191 Å². The molecule has 1 fully saturated rings. The van der Waals surface area contributed by atoms with Crippen LogP contribution in [0.2, 0.25) is 0 Å². The smallest absolute Gasteiger partial charge is 0.248 e. The van der Waals surface area contributed by atoms with Crippen LogP contribution < -0.4 is 5.32 Å². The summed E-state index contributed by atoms with van der Waals surface area (Å²) in [7, 11) is -3.87. The maximum absolute atomic E-state index is 13.5. The van der Waals surface area contributed by atoms with E-state index in [0.29, 0.717) is 30.8 Å². The van der Waals surface area contributed by atoms with E-state index in [1.807, 2.05) is 48.7 Å². The van der Waals surface area contributed by atoms with Crippen molar-refractivity contribution >= 4 is 45.1 Å². The molecule has 1 aromatic carbocycles. The third kappa shape index (κ3) is 4.85. The molecular weight excluding hydrogens is 446 g/mol. The van der Waals surface area contributed by atoms with Crippen molar-refractivity contribution in [3.05, 3.63) is 63.7 Å². The summed E-state index contributed by atoms with van der Waals surface area (Å²) in [6.45, 7) is 4.05. The zero-order valence-electron chi connectivity index (χ0n) is 17.9. The number of sulfonamides is 1. The molecule has 0 radical (unpaired) electrons. The molecule has 1 atom stereocenters. The van der Waals surface area contributed by atoms with Crippen molar-refractivity contribution in [3.8, 4) is 0 Å². The van der Waals surface area contributed by atoms with Crippen LogP contribution in [0.4, 0.5) is 5.69 Å². The van der Waals surface area contributed by atoms with Crippen molar-refractivity contribution in [3.63, 3.8) is 0 Å². The van der Waals surface area contributed by atoms with Gasteiger partial charge in [-0.25, -0.2) is 8.42 Å². The first-order valence-corrected chi connectivity index (χ1v) is 12.7. The minimum Gasteiger partial charge on any atom is -0.355 e. The minimum absolute atomic E-state index is 0.0602. The number of piperidine rings is 1. The van der Waals surface area contributed by atoms with Gasteiger partial charge >= 0.3 is 0 Å². The highest BCUT2D eigenvalue weighted by atomic mass is 32.2. The Balaban J connectivity index is 1.53. The molecule has 1 saturated heterocycles. The van der Waals surface area contributed by atoms with Crippen LogP contribution in [0.1, 0.15) is 34.7 Å². The Morgan fingerprint density at radius 1 is 1.25 bits per heavy atom. The van der Waals surface area contributed by atoms with Crippen molar-refractivity contribution in [2.24, 2.45) is 5.92 Å². The summed E-state index contributed by atoms with van der Waals surface area (Å²) in [5, 5.41) is 8.75. The van der Waals surface area contributed by atoms with Gasteiger partial charge in [-0.05, 0) is 68.0 Å². The lowest BCUT2D eigenvalue weighted by molar-refractivity contribution is -0.120. The zero-order chi connectivity index (χ0) is 22.7. The molecule has 0 unspecified atom stereocenters. The molecule has 1 N–H and O–H groups in total. The van der Waals surface area contributed by atoms with Crippen LogP contribution in [0.3, 0.4) is 0 Å². The third-order valence-corrected chi connectivity index (χ3v) is 8.28. The first-order valence-electron chi connectivity index (χ1n) is 10.4. The number of aryl methyl sites for hydroxylation is 2. The SMILES string of the molecule is Cc1cccc(NC(=O)[C@H]2CCCN(S(=O)(=O)c3c(C)noc3/C=C/c3cccs3)C2)c1. The topological polar surface area (TPSA) is 92.5 Å². The Morgan fingerprint density at radius 3 is 2.84 bits per heavy atom. The van der Waals surface area contributed by atoms with E-state index >= 15 is 0 Å². The number of benzene rings is 1. The molecule has 168 valence electrons. The number of nitrogens with one attached hydrogen (secondary N) is 1. The number of thiophene rings is 1. The summed E-state index contributed by atoms with van der Waals surface area (Å²) in [6, 6.07) is 11.4. The van der Waals surface area contributed by atoms with Crippen molar-refractivity contribution in [1.82, 2.24) is 9.46 Å². The zero-order valence-corrected chi connectivity index (χ0v) is 19.6. The van der Waals surface area contributed by atoms with Gasteiger partial charge in [0.2, 0.25) is 15.9 Å². The summed E-state index contributed by atoms with van der Waals surface area (Å²) in [5.74, 6) is -0.401. The predicted molar refractivity (Wildman–Crippen MR) is 126 cm³/mol. The molecule has 32 heavy (non-hydrogen) atoms. The molecule has 1 aliphatic rings. The van der Waals surface area contributed by atoms with E-state index in [1.54, 1.807) is 30.4 Å². The number of nitrogens with zero attached hydrogens (tertiary/aromatic N) is 2. The molecular formula is C23H25N3O4S2. The minimum atomic E-state index is -3.87. The van der Waals surface area contributed by atoms with Gasteiger partial charge in [0.05, 0.1) is 5.92 Å². The average molecular weight is 472 g/mol. The molecule has 2 aromatic heterocycles. The van der Waals surface area contributed by atoms with Gasteiger partial charge in [-0.1, -0.05) is 23.4 Å². The molecule has 1 aliphatic heterocycles. The van der Waals surface area contributed by atoms with E-state index < -0.39 is 15.9 Å². The van der Waals surface area contributed by atoms with Gasteiger partial charge in [0, 0.05) is 23.7 Å². The highest BCUT2D eigenvalue weighted by molar-refractivity contribution is 7.89. The third-order valence-electron chi connectivity index (χ3n) is 5.41. The van der Waals surface area contributed by atoms with Gasteiger partial charge in [0.1, 0.15) is 5.69 Å². The van der Waals surface area contributed by atoms with Gasteiger partial charge in [-0.15, -0.1) is 11.3 Å². The van der Waals surface area contributed by atoms with Crippen molar-refractivity contribution < 1.29 is 17.7 Å². The second-order valence-electron chi connectivity index (χ2n) is 7.87. The largest absolute Gasteiger partial charge is 0.355 e. The number of carbonyl (C=O) groups is 1. The second kappa shape index (κ2) is 9.40. The predicted octanol–water partition coefficient (Wildman–Crippen LogP) is 4.56. The lowest BCUT2D eigenvalue weighted by Gasteiger charge is -2.31. The van der Waals surface area contributed by atoms with Crippen molar-refractivity contribution in [1.29, 1.82) is 0 Å². The number of carbonyl (C=O) groups excluding carboxylic acids is 1. The summed E-state index contributed by atoms with van der Waals surface area (Å²) in [6.07, 6.45) is 4.68. The van der Waals surface area contributed by atoms with Gasteiger partial charge in [0.15, 0.2) is 10.7 Å². The number of hydrogen-bond acceptors (Lipinski definition) is 6. The summed E-state index contributed by atoms with van der Waals surface area (Å²) < 4.78 is 33.7. The highest BCUT2D eigenvalue weighted by Gasteiger charge is 2.36. The monoisotopic (exact) mass is 471 g/mol. The number of hydrogen-bond donors (Lipinski definition) is 1. The normalized spacial score (nSPS) is 17.6. The van der Waals surface area contributed by atoms with Gasteiger partial charge in [-0.2, -0.15) is 4.31 Å². The number of anilines is 1. The molecule has 9 heteroatoms. The maximum Gasteiger partial charge on any atom is 0.248 e. The van der Waals surface area contributed by atoms with E-state index in [0.717, 1.165) is 10.4 Å². The Kier molecular flexibility index (Phi) is 6.59. The lowest BCUT2D eigenvalue weighted by Crippen LogP contribution is -2.43. The number of rotatable bonds is 6. The van der Waals surface area contributed by atoms with Crippen LogP contribution in [-0.4, -0.2) is 36.9 Å². The first kappa shape index (κ1) is 22.4. The summed E-state index contributed by atoms with van der Waals surface area (Å²) >= 11 is 1.54. The molecule has 3 aromatic rings. The lowest BCUT2D eigenvalue weighted by atomic mass is 9.98. The first-order chi connectivity index (χ1) is 15.3. The average Bonchev–Trinajstić information content (AvgIpc) is 3.42. The Hall–Kier alpha value is -2.75. The Bertz CT molecular complexity index is 1230.